The lowest BCUT2D eigenvalue weighted by Crippen LogP contribution is -2.46. The Hall–Kier alpha value is -3.68. The topological polar surface area (TPSA) is 86.9 Å². The lowest BCUT2D eigenvalue weighted by atomic mass is 9.86. The van der Waals surface area contributed by atoms with E-state index in [4.69, 9.17) is 9.72 Å². The van der Waals surface area contributed by atoms with E-state index in [0.29, 0.717) is 23.4 Å². The molecule has 4 aromatic rings. The van der Waals surface area contributed by atoms with Gasteiger partial charge in [0, 0.05) is 25.0 Å². The van der Waals surface area contributed by atoms with Crippen LogP contribution in [0.5, 0.6) is 5.75 Å². The molecule has 0 aliphatic carbocycles. The molecule has 0 bridgehead atoms. The molecular formula is C25H30N6O2. The van der Waals surface area contributed by atoms with Gasteiger partial charge in [-0.05, 0) is 36.6 Å². The smallest absolute Gasteiger partial charge is 0.252 e. The highest BCUT2D eigenvalue weighted by Crippen LogP contribution is 2.29. The molecule has 0 aliphatic heterocycles. The van der Waals surface area contributed by atoms with Crippen LogP contribution < -0.4 is 10.1 Å². The maximum absolute atomic E-state index is 13.7. The normalized spacial score (nSPS) is 12.7. The third-order valence-corrected chi connectivity index (χ3v) is 5.86. The highest BCUT2D eigenvalue weighted by molar-refractivity contribution is 6.07. The van der Waals surface area contributed by atoms with Crippen molar-refractivity contribution in [1.82, 2.24) is 29.9 Å². The number of ether oxygens (including phenoxy) is 1. The van der Waals surface area contributed by atoms with Crippen molar-refractivity contribution >= 4 is 16.9 Å². The molecule has 0 aliphatic rings. The molecule has 172 valence electrons. The summed E-state index contributed by atoms with van der Waals surface area (Å²) in [6.45, 7) is 8.81. The quantitative estimate of drug-likeness (QED) is 0.484. The number of aryl methyl sites for hydroxylation is 2. The number of aromatic nitrogens is 5. The Morgan fingerprint density at radius 1 is 1.21 bits per heavy atom. The maximum Gasteiger partial charge on any atom is 0.252 e. The van der Waals surface area contributed by atoms with E-state index in [9.17, 15) is 4.79 Å². The van der Waals surface area contributed by atoms with Crippen LogP contribution in [-0.4, -0.2) is 43.6 Å². The SMILES string of the molecule is COc1cccc(-c2cc(C(=O)N[C@@H](Cn3cccn3)C(C)(C)C)c3c(C)nn(C)c3n2)c1. The molecule has 0 fully saturated rings. The number of hydrogen-bond acceptors (Lipinski definition) is 5. The highest BCUT2D eigenvalue weighted by Gasteiger charge is 2.29. The number of methoxy groups -OCH3 is 1. The molecule has 0 unspecified atom stereocenters. The van der Waals surface area contributed by atoms with E-state index < -0.39 is 0 Å². The molecule has 8 nitrogen and oxygen atoms in total. The van der Waals surface area contributed by atoms with Crippen LogP contribution in [0.25, 0.3) is 22.3 Å². The average molecular weight is 447 g/mol. The molecule has 0 spiro atoms. The monoisotopic (exact) mass is 446 g/mol. The molecule has 4 rings (SSSR count). The number of carbonyl (C=O) groups excluding carboxylic acids is 1. The summed E-state index contributed by atoms with van der Waals surface area (Å²) in [6, 6.07) is 11.3. The van der Waals surface area contributed by atoms with Crippen LogP contribution in [0.1, 0.15) is 36.8 Å². The Bertz CT molecular complexity index is 1280. The summed E-state index contributed by atoms with van der Waals surface area (Å²) >= 11 is 0. The summed E-state index contributed by atoms with van der Waals surface area (Å²) < 4.78 is 8.94. The Balaban J connectivity index is 1.78. The second-order valence-corrected chi connectivity index (χ2v) is 9.31. The van der Waals surface area contributed by atoms with Crippen molar-refractivity contribution in [1.29, 1.82) is 0 Å². The van der Waals surface area contributed by atoms with Gasteiger partial charge >= 0.3 is 0 Å². The van der Waals surface area contributed by atoms with Gasteiger partial charge in [0.1, 0.15) is 5.75 Å². The molecule has 3 heterocycles. The first-order chi connectivity index (χ1) is 15.7. The van der Waals surface area contributed by atoms with E-state index >= 15 is 0 Å². The van der Waals surface area contributed by atoms with Gasteiger partial charge in [-0.15, -0.1) is 0 Å². The van der Waals surface area contributed by atoms with Crippen LogP contribution in [-0.2, 0) is 13.6 Å². The number of amides is 1. The van der Waals surface area contributed by atoms with Crippen molar-refractivity contribution in [2.45, 2.75) is 40.3 Å². The maximum atomic E-state index is 13.7. The van der Waals surface area contributed by atoms with E-state index in [1.54, 1.807) is 18.0 Å². The fourth-order valence-electron chi connectivity index (χ4n) is 3.92. The fourth-order valence-corrected chi connectivity index (χ4v) is 3.92. The minimum absolute atomic E-state index is 0.134. The standard InChI is InChI=1S/C25H30N6O2/c1-16-22-19(24(32)28-21(25(2,3)4)15-31-12-8-11-26-31)14-20(27-23(22)30(5)29-16)17-9-7-10-18(13-17)33-6/h7-14,21H,15H2,1-6H3,(H,28,32)/t21-/m0/s1. The number of carbonyl (C=O) groups is 1. The molecule has 33 heavy (non-hydrogen) atoms. The Labute approximate surface area is 193 Å². The zero-order chi connectivity index (χ0) is 23.8. The summed E-state index contributed by atoms with van der Waals surface area (Å²) in [5.41, 5.74) is 3.37. The Morgan fingerprint density at radius 3 is 2.67 bits per heavy atom. The van der Waals surface area contributed by atoms with Gasteiger partial charge in [0.2, 0.25) is 0 Å². The first-order valence-corrected chi connectivity index (χ1v) is 10.9. The van der Waals surface area contributed by atoms with Crippen LogP contribution in [0.15, 0.2) is 48.8 Å². The van der Waals surface area contributed by atoms with Crippen molar-refractivity contribution < 1.29 is 9.53 Å². The molecule has 1 N–H and O–H groups in total. The number of hydrogen-bond donors (Lipinski definition) is 1. The zero-order valence-electron chi connectivity index (χ0n) is 20.0. The Kier molecular flexibility index (Phi) is 5.93. The highest BCUT2D eigenvalue weighted by atomic mass is 16.5. The summed E-state index contributed by atoms with van der Waals surface area (Å²) in [4.78, 5) is 18.5. The summed E-state index contributed by atoms with van der Waals surface area (Å²) in [5.74, 6) is 0.573. The third-order valence-electron chi connectivity index (χ3n) is 5.86. The lowest BCUT2D eigenvalue weighted by Gasteiger charge is -2.31. The number of benzene rings is 1. The molecule has 1 amide bonds. The summed E-state index contributed by atoms with van der Waals surface area (Å²) in [6.07, 6.45) is 3.65. The average Bonchev–Trinajstić information content (AvgIpc) is 3.39. The number of rotatable bonds is 6. The van der Waals surface area contributed by atoms with Crippen molar-refractivity contribution in [2.24, 2.45) is 12.5 Å². The number of nitrogens with one attached hydrogen (secondary N) is 1. The molecule has 0 radical (unpaired) electrons. The van der Waals surface area contributed by atoms with Gasteiger partial charge in [0.25, 0.3) is 5.91 Å². The van der Waals surface area contributed by atoms with Crippen LogP contribution in [0.3, 0.4) is 0 Å². The van der Waals surface area contributed by atoms with Crippen LogP contribution in [0.4, 0.5) is 0 Å². The van der Waals surface area contributed by atoms with Crippen molar-refractivity contribution in [3.8, 4) is 17.0 Å². The van der Waals surface area contributed by atoms with E-state index in [1.165, 1.54) is 0 Å². The Morgan fingerprint density at radius 2 is 2.00 bits per heavy atom. The van der Waals surface area contributed by atoms with Crippen LogP contribution >= 0.6 is 0 Å². The van der Waals surface area contributed by atoms with Crippen molar-refractivity contribution in [3.63, 3.8) is 0 Å². The molecule has 3 aromatic heterocycles. The predicted octanol–water partition coefficient (Wildman–Crippen LogP) is 3.99. The minimum Gasteiger partial charge on any atom is -0.497 e. The zero-order valence-corrected chi connectivity index (χ0v) is 20.0. The van der Waals surface area contributed by atoms with E-state index in [-0.39, 0.29) is 17.4 Å². The van der Waals surface area contributed by atoms with Crippen molar-refractivity contribution in [3.05, 3.63) is 60.0 Å². The molecule has 1 aromatic carbocycles. The second-order valence-electron chi connectivity index (χ2n) is 9.31. The molecule has 0 saturated carbocycles. The fraction of sp³-hybridized carbons (Fsp3) is 0.360. The molecule has 0 saturated heterocycles. The number of pyridine rings is 1. The van der Waals surface area contributed by atoms with Crippen molar-refractivity contribution in [2.75, 3.05) is 7.11 Å². The van der Waals surface area contributed by atoms with Gasteiger partial charge in [-0.25, -0.2) is 4.98 Å². The number of nitrogens with zero attached hydrogens (tertiary/aromatic N) is 5. The molecular weight excluding hydrogens is 416 g/mol. The van der Waals surface area contributed by atoms with Gasteiger partial charge < -0.3 is 10.1 Å². The first-order valence-electron chi connectivity index (χ1n) is 10.9. The summed E-state index contributed by atoms with van der Waals surface area (Å²) in [5, 5.41) is 12.9. The van der Waals surface area contributed by atoms with Gasteiger partial charge in [-0.1, -0.05) is 32.9 Å². The van der Waals surface area contributed by atoms with Crippen LogP contribution in [0.2, 0.25) is 0 Å². The number of fused-ring (bicyclic) bond motifs is 1. The van der Waals surface area contributed by atoms with Gasteiger partial charge in [-0.3, -0.25) is 14.2 Å². The predicted molar refractivity (Wildman–Crippen MR) is 128 cm³/mol. The third kappa shape index (κ3) is 4.60. The van der Waals surface area contributed by atoms with Gasteiger partial charge in [0.05, 0.1) is 42.0 Å². The largest absolute Gasteiger partial charge is 0.497 e. The molecule has 1 atom stereocenters. The first kappa shape index (κ1) is 22.5. The van der Waals surface area contributed by atoms with Gasteiger partial charge in [-0.2, -0.15) is 10.2 Å². The molecule has 8 heteroatoms. The van der Waals surface area contributed by atoms with E-state index in [2.05, 4.69) is 36.3 Å². The minimum atomic E-state index is -0.173. The van der Waals surface area contributed by atoms with E-state index in [0.717, 1.165) is 22.4 Å². The summed E-state index contributed by atoms with van der Waals surface area (Å²) in [7, 11) is 3.47. The van der Waals surface area contributed by atoms with E-state index in [1.807, 2.05) is 61.2 Å². The van der Waals surface area contributed by atoms with Gasteiger partial charge in [0.15, 0.2) is 5.65 Å². The lowest BCUT2D eigenvalue weighted by molar-refractivity contribution is 0.0892. The second kappa shape index (κ2) is 8.69. The van der Waals surface area contributed by atoms with Crippen LogP contribution in [0, 0.1) is 12.3 Å².